The highest BCUT2D eigenvalue weighted by Crippen LogP contribution is 2.29. The monoisotopic (exact) mass is 221 g/mol. The predicted molar refractivity (Wildman–Crippen MR) is 61.2 cm³/mol. The van der Waals surface area contributed by atoms with Crippen molar-refractivity contribution in [2.45, 2.75) is 0 Å². The molecule has 0 spiro atoms. The van der Waals surface area contributed by atoms with Crippen molar-refractivity contribution in [3.63, 3.8) is 0 Å². The molecule has 0 unspecified atom stereocenters. The minimum Gasteiger partial charge on any atom is -0.497 e. The van der Waals surface area contributed by atoms with Crippen molar-refractivity contribution in [3.05, 3.63) is 18.3 Å². The zero-order valence-corrected chi connectivity index (χ0v) is 9.02. The van der Waals surface area contributed by atoms with Crippen LogP contribution in [-0.2, 0) is 0 Å². The van der Waals surface area contributed by atoms with E-state index >= 15 is 0 Å². The molecule has 0 atom stereocenters. The summed E-state index contributed by atoms with van der Waals surface area (Å²) in [4.78, 5) is 2.94. The van der Waals surface area contributed by atoms with E-state index in [9.17, 15) is 10.0 Å². The molecule has 0 fully saturated rings. The molecule has 0 amide bonds. The lowest BCUT2D eigenvalue weighted by Crippen LogP contribution is -2.28. The first-order valence-corrected chi connectivity index (χ1v) is 4.76. The van der Waals surface area contributed by atoms with E-state index in [4.69, 9.17) is 9.47 Å². The smallest absolute Gasteiger partial charge is 0.490 e. The Balaban J connectivity index is 2.71. The Labute approximate surface area is 92.8 Å². The van der Waals surface area contributed by atoms with Crippen molar-refractivity contribution in [1.29, 1.82) is 0 Å². The van der Waals surface area contributed by atoms with Gasteiger partial charge in [0.25, 0.3) is 0 Å². The molecule has 84 valence electrons. The molecule has 2 aromatic rings. The van der Waals surface area contributed by atoms with Crippen LogP contribution in [-0.4, -0.2) is 36.4 Å². The van der Waals surface area contributed by atoms with Crippen LogP contribution in [0, 0.1) is 0 Å². The quantitative estimate of drug-likeness (QED) is 0.631. The summed E-state index contributed by atoms with van der Waals surface area (Å²) in [6.07, 6.45) is 1.54. The molecule has 0 aliphatic rings. The Kier molecular flexibility index (Phi) is 2.76. The maximum atomic E-state index is 9.19. The normalized spacial score (nSPS) is 10.5. The van der Waals surface area contributed by atoms with Gasteiger partial charge in [-0.2, -0.15) is 0 Å². The van der Waals surface area contributed by atoms with E-state index < -0.39 is 7.12 Å². The fraction of sp³-hybridized carbons (Fsp3) is 0.200. The summed E-state index contributed by atoms with van der Waals surface area (Å²) in [5, 5.41) is 19.1. The van der Waals surface area contributed by atoms with Crippen LogP contribution in [0.1, 0.15) is 0 Å². The highest BCUT2D eigenvalue weighted by atomic mass is 16.5. The first kappa shape index (κ1) is 10.8. The lowest BCUT2D eigenvalue weighted by molar-refractivity contribution is 0.397. The summed E-state index contributed by atoms with van der Waals surface area (Å²) in [5.41, 5.74) is 1.11. The fourth-order valence-corrected chi connectivity index (χ4v) is 1.69. The minimum absolute atomic E-state index is 0.396. The van der Waals surface area contributed by atoms with Gasteiger partial charge in [0, 0.05) is 23.1 Å². The van der Waals surface area contributed by atoms with Gasteiger partial charge < -0.3 is 24.5 Å². The molecule has 5 nitrogen and oxygen atoms in total. The minimum atomic E-state index is -1.52. The second kappa shape index (κ2) is 4.07. The van der Waals surface area contributed by atoms with E-state index in [-0.39, 0.29) is 0 Å². The first-order chi connectivity index (χ1) is 7.67. The van der Waals surface area contributed by atoms with Gasteiger partial charge in [-0.1, -0.05) is 0 Å². The van der Waals surface area contributed by atoms with Crippen molar-refractivity contribution in [2.75, 3.05) is 14.2 Å². The molecular formula is C10H12BNO4. The molecule has 0 aliphatic heterocycles. The average molecular weight is 221 g/mol. The number of ether oxygens (including phenoxy) is 2. The van der Waals surface area contributed by atoms with Crippen LogP contribution >= 0.6 is 0 Å². The number of nitrogens with one attached hydrogen (secondary N) is 1. The van der Waals surface area contributed by atoms with E-state index in [0.29, 0.717) is 27.9 Å². The largest absolute Gasteiger partial charge is 0.497 e. The first-order valence-electron chi connectivity index (χ1n) is 4.76. The molecule has 0 saturated carbocycles. The third kappa shape index (κ3) is 1.62. The second-order valence-corrected chi connectivity index (χ2v) is 3.37. The number of benzene rings is 1. The Morgan fingerprint density at radius 2 is 1.94 bits per heavy atom. The van der Waals surface area contributed by atoms with Crippen LogP contribution < -0.4 is 14.9 Å². The number of aromatic amines is 1. The number of methoxy groups -OCH3 is 2. The second-order valence-electron chi connectivity index (χ2n) is 3.37. The number of H-pyrrole nitrogens is 1. The lowest BCUT2D eigenvalue weighted by atomic mass is 9.80. The number of fused-ring (bicyclic) bond motifs is 1. The summed E-state index contributed by atoms with van der Waals surface area (Å²) in [6.45, 7) is 0. The van der Waals surface area contributed by atoms with Gasteiger partial charge in [0.05, 0.1) is 19.7 Å². The Morgan fingerprint density at radius 3 is 2.50 bits per heavy atom. The molecule has 16 heavy (non-hydrogen) atoms. The molecule has 1 heterocycles. The van der Waals surface area contributed by atoms with Crippen molar-refractivity contribution in [1.82, 2.24) is 4.98 Å². The number of rotatable bonds is 3. The Hall–Kier alpha value is -1.66. The number of aromatic nitrogens is 1. The van der Waals surface area contributed by atoms with Gasteiger partial charge in [0.1, 0.15) is 11.5 Å². The standard InChI is InChI=1S/C10H12BNO4/c1-15-6-3-7-8(11(13)14)5-12-10(7)9(4-6)16-2/h3-5,12-14H,1-2H3. The van der Waals surface area contributed by atoms with E-state index in [1.807, 2.05) is 0 Å². The molecule has 1 aromatic carbocycles. The highest BCUT2D eigenvalue weighted by Gasteiger charge is 2.19. The van der Waals surface area contributed by atoms with Gasteiger partial charge in [-0.25, -0.2) is 0 Å². The summed E-state index contributed by atoms with van der Waals surface area (Å²) in [6, 6.07) is 3.45. The van der Waals surface area contributed by atoms with Crippen molar-refractivity contribution in [2.24, 2.45) is 0 Å². The maximum Gasteiger partial charge on any atom is 0.490 e. The molecule has 1 aromatic heterocycles. The summed E-state index contributed by atoms with van der Waals surface area (Å²) >= 11 is 0. The van der Waals surface area contributed by atoms with Crippen LogP contribution in [0.2, 0.25) is 0 Å². The van der Waals surface area contributed by atoms with Gasteiger partial charge in [0.2, 0.25) is 0 Å². The summed E-state index contributed by atoms with van der Waals surface area (Å²) in [7, 11) is 1.57. The van der Waals surface area contributed by atoms with Gasteiger partial charge in [-0.3, -0.25) is 0 Å². The summed E-state index contributed by atoms with van der Waals surface area (Å²) in [5.74, 6) is 1.20. The molecule has 6 heteroatoms. The molecular weight excluding hydrogens is 209 g/mol. The van der Waals surface area contributed by atoms with Crippen LogP contribution in [0.3, 0.4) is 0 Å². The molecule has 0 saturated heterocycles. The predicted octanol–water partition coefficient (Wildman–Crippen LogP) is -0.135. The SMILES string of the molecule is COc1cc(OC)c2[nH]cc(B(O)O)c2c1. The van der Waals surface area contributed by atoms with Crippen LogP contribution in [0.15, 0.2) is 18.3 Å². The molecule has 3 N–H and O–H groups in total. The van der Waals surface area contributed by atoms with Gasteiger partial charge >= 0.3 is 7.12 Å². The number of hydrogen-bond donors (Lipinski definition) is 3. The lowest BCUT2D eigenvalue weighted by Gasteiger charge is -2.06. The molecule has 2 rings (SSSR count). The van der Waals surface area contributed by atoms with Crippen molar-refractivity contribution < 1.29 is 19.5 Å². The summed E-state index contributed by atoms with van der Waals surface area (Å²) < 4.78 is 10.3. The van der Waals surface area contributed by atoms with Crippen LogP contribution in [0.25, 0.3) is 10.9 Å². The van der Waals surface area contributed by atoms with Gasteiger partial charge in [-0.05, 0) is 6.07 Å². The Bertz CT molecular complexity index is 509. The third-order valence-electron chi connectivity index (χ3n) is 2.49. The third-order valence-corrected chi connectivity index (χ3v) is 2.49. The van der Waals surface area contributed by atoms with Crippen LogP contribution in [0.4, 0.5) is 0 Å². The van der Waals surface area contributed by atoms with E-state index in [2.05, 4.69) is 4.98 Å². The fourth-order valence-electron chi connectivity index (χ4n) is 1.69. The van der Waals surface area contributed by atoms with Crippen molar-refractivity contribution in [3.8, 4) is 11.5 Å². The topological polar surface area (TPSA) is 74.7 Å². The molecule has 0 aliphatic carbocycles. The zero-order chi connectivity index (χ0) is 11.7. The van der Waals surface area contributed by atoms with Gasteiger partial charge in [0.15, 0.2) is 0 Å². The van der Waals surface area contributed by atoms with Crippen LogP contribution in [0.5, 0.6) is 11.5 Å². The average Bonchev–Trinajstić information content (AvgIpc) is 2.71. The van der Waals surface area contributed by atoms with Crippen molar-refractivity contribution >= 4 is 23.5 Å². The maximum absolute atomic E-state index is 9.19. The van der Waals surface area contributed by atoms with E-state index in [1.165, 1.54) is 6.20 Å². The van der Waals surface area contributed by atoms with E-state index in [0.717, 1.165) is 0 Å². The molecule has 0 radical (unpaired) electrons. The van der Waals surface area contributed by atoms with Gasteiger partial charge in [-0.15, -0.1) is 0 Å². The Morgan fingerprint density at radius 1 is 1.19 bits per heavy atom. The highest BCUT2D eigenvalue weighted by molar-refractivity contribution is 6.62. The molecule has 0 bridgehead atoms. The van der Waals surface area contributed by atoms with E-state index in [1.54, 1.807) is 26.4 Å². The zero-order valence-electron chi connectivity index (χ0n) is 9.02. The number of hydrogen-bond acceptors (Lipinski definition) is 4.